The van der Waals surface area contributed by atoms with E-state index in [4.69, 9.17) is 5.26 Å². The van der Waals surface area contributed by atoms with Crippen molar-refractivity contribution in [2.24, 2.45) is 5.92 Å². The first kappa shape index (κ1) is 32.0. The second-order valence-electron chi connectivity index (χ2n) is 7.81. The number of halogens is 12. The van der Waals surface area contributed by atoms with Crippen LogP contribution in [0.5, 0.6) is 5.75 Å². The smallest absolute Gasteiger partial charge is 0.381 e. The third kappa shape index (κ3) is 5.04. The first-order valence-electron chi connectivity index (χ1n) is 9.78. The molecule has 0 saturated carbocycles. The molecule has 2 rings (SSSR count). The van der Waals surface area contributed by atoms with E-state index in [9.17, 15) is 68.5 Å². The number of rotatable bonds is 10. The first-order chi connectivity index (χ1) is 18.0. The summed E-state index contributed by atoms with van der Waals surface area (Å²) in [5.41, 5.74) is -2.58. The van der Waals surface area contributed by atoms with E-state index >= 15 is 4.39 Å². The van der Waals surface area contributed by atoms with Crippen molar-refractivity contribution in [1.29, 1.82) is 5.26 Å². The molecule has 0 fully saturated rings. The third-order valence-corrected chi connectivity index (χ3v) is 5.07. The number of hydrogen-bond acceptors (Lipinski definition) is 7. The molecule has 1 aliphatic rings. The van der Waals surface area contributed by atoms with Crippen molar-refractivity contribution in [3.8, 4) is 11.8 Å². The second-order valence-corrected chi connectivity index (χ2v) is 7.81. The van der Waals surface area contributed by atoms with Gasteiger partial charge in [-0.2, -0.15) is 53.6 Å². The van der Waals surface area contributed by atoms with E-state index < -0.39 is 99.2 Å². The molecule has 1 aromatic rings. The summed E-state index contributed by atoms with van der Waals surface area (Å²) in [5.74, 6) is -47.2. The van der Waals surface area contributed by atoms with E-state index in [0.717, 1.165) is 0 Å². The molecule has 2 unspecified atom stereocenters. The molecule has 0 amide bonds. The van der Waals surface area contributed by atoms with Gasteiger partial charge in [0.05, 0.1) is 22.0 Å². The Morgan fingerprint density at radius 1 is 1.00 bits per heavy atom. The lowest BCUT2D eigenvalue weighted by Crippen LogP contribution is -2.62. The zero-order chi connectivity index (χ0) is 31.2. The van der Waals surface area contributed by atoms with Crippen LogP contribution in [0.2, 0.25) is 0 Å². The van der Waals surface area contributed by atoms with E-state index in [1.807, 2.05) is 0 Å². The zero-order valence-corrected chi connectivity index (χ0v) is 18.8. The largest absolute Gasteiger partial charge is 0.481 e. The molecule has 0 radical (unpaired) electrons. The number of nitriles is 1. The molecule has 0 aliphatic heterocycles. The Hall–Kier alpha value is -4.25. The van der Waals surface area contributed by atoms with Gasteiger partial charge in [0.2, 0.25) is 17.4 Å². The maximum atomic E-state index is 15.6. The van der Waals surface area contributed by atoms with Crippen molar-refractivity contribution < 1.29 is 72.0 Å². The number of ether oxygens (including phenoxy) is 2. The average Bonchev–Trinajstić information content (AvgIpc) is 2.82. The zero-order valence-electron chi connectivity index (χ0n) is 18.8. The van der Waals surface area contributed by atoms with Gasteiger partial charge in [0, 0.05) is 13.0 Å². The van der Waals surface area contributed by atoms with Crippen LogP contribution in [0.15, 0.2) is 41.4 Å². The molecular weight excluding hydrogens is 594 g/mol. The fraction of sp³-hybridized carbons (Fsp3) is 0.421. The normalized spacial score (nSPS) is 20.8. The topological polar surface area (TPSA) is 129 Å². The molecular formula is C19H9F12N3O6. The Labute approximate surface area is 212 Å². The lowest BCUT2D eigenvalue weighted by Gasteiger charge is -2.36. The summed E-state index contributed by atoms with van der Waals surface area (Å²) in [4.78, 5) is 19.3. The number of nitro groups is 2. The lowest BCUT2D eigenvalue weighted by molar-refractivity contribution is -0.395. The first-order valence-corrected chi connectivity index (χ1v) is 9.78. The fourth-order valence-corrected chi connectivity index (χ4v) is 2.91. The van der Waals surface area contributed by atoms with Gasteiger partial charge >= 0.3 is 35.2 Å². The maximum absolute atomic E-state index is 15.6. The monoisotopic (exact) mass is 603 g/mol. The molecule has 40 heavy (non-hydrogen) atoms. The van der Waals surface area contributed by atoms with Gasteiger partial charge in [-0.25, -0.2) is 4.39 Å². The van der Waals surface area contributed by atoms with E-state index in [0.29, 0.717) is 12.1 Å². The van der Waals surface area contributed by atoms with Crippen molar-refractivity contribution in [2.45, 2.75) is 36.5 Å². The molecule has 0 saturated heterocycles. The number of benzene rings is 1. The van der Waals surface area contributed by atoms with Crippen LogP contribution < -0.4 is 4.74 Å². The van der Waals surface area contributed by atoms with E-state index in [2.05, 4.69) is 9.47 Å². The Balaban J connectivity index is 2.61. The summed E-state index contributed by atoms with van der Waals surface area (Å²) in [6.07, 6.45) is 0. The van der Waals surface area contributed by atoms with Crippen molar-refractivity contribution in [3.05, 3.63) is 61.7 Å². The van der Waals surface area contributed by atoms with E-state index in [-0.39, 0.29) is 12.1 Å². The van der Waals surface area contributed by atoms with Crippen LogP contribution in [0.3, 0.4) is 0 Å². The minimum atomic E-state index is -7.00. The molecule has 0 spiro atoms. The SMILES string of the molecule is CC(F)(F)C(F)(F)C(F)(F)C(F)(F)COC1=C(F)C(F)(Oc2ccc([N+](=O)[O-])cc2[N+](=O)[O-])C(C#N)C(F)=C1F. The predicted molar refractivity (Wildman–Crippen MR) is 102 cm³/mol. The van der Waals surface area contributed by atoms with Crippen LogP contribution in [0.25, 0.3) is 0 Å². The van der Waals surface area contributed by atoms with E-state index in [1.165, 1.54) is 0 Å². The summed E-state index contributed by atoms with van der Waals surface area (Å²) >= 11 is 0. The maximum Gasteiger partial charge on any atom is 0.381 e. The third-order valence-electron chi connectivity index (χ3n) is 5.07. The average molecular weight is 603 g/mol. The van der Waals surface area contributed by atoms with Gasteiger partial charge in [-0.15, -0.1) is 0 Å². The predicted octanol–water partition coefficient (Wildman–Crippen LogP) is 6.61. The number of nitro benzene ring substituents is 2. The Kier molecular flexibility index (Phi) is 8.03. The van der Waals surface area contributed by atoms with Crippen molar-refractivity contribution >= 4 is 11.4 Å². The van der Waals surface area contributed by atoms with Gasteiger partial charge in [-0.05, 0) is 6.07 Å². The number of allylic oxidation sites excluding steroid dienone is 1. The lowest BCUT2D eigenvalue weighted by atomic mass is 9.92. The van der Waals surface area contributed by atoms with Gasteiger partial charge in [-0.1, -0.05) is 0 Å². The summed E-state index contributed by atoms with van der Waals surface area (Å²) in [7, 11) is 0. The van der Waals surface area contributed by atoms with Gasteiger partial charge in [-0.3, -0.25) is 20.2 Å². The van der Waals surface area contributed by atoms with Gasteiger partial charge in [0.15, 0.2) is 24.1 Å². The van der Waals surface area contributed by atoms with Crippen molar-refractivity contribution in [3.63, 3.8) is 0 Å². The van der Waals surface area contributed by atoms with Crippen molar-refractivity contribution in [2.75, 3.05) is 6.61 Å². The Morgan fingerprint density at radius 2 is 1.55 bits per heavy atom. The number of alkyl halides is 9. The molecule has 0 N–H and O–H groups in total. The standard InChI is InChI=1S/C19H9F12N3O6/c1-15(23,24)18(28,29)19(30,31)16(25,26)6-39-13-12(21)11(20)8(5-32)17(27,14(13)22)40-10-3-2-7(33(35)36)4-9(10)34(37)38/h2-4,8H,6H2,1H3. The molecule has 0 aromatic heterocycles. The van der Waals surface area contributed by atoms with Gasteiger partial charge in [0.1, 0.15) is 0 Å². The summed E-state index contributed by atoms with van der Waals surface area (Å²) < 4.78 is 175. The molecule has 2 atom stereocenters. The summed E-state index contributed by atoms with van der Waals surface area (Å²) in [6.45, 7) is -4.19. The molecule has 21 heteroatoms. The minimum Gasteiger partial charge on any atom is -0.481 e. The molecule has 1 aromatic carbocycles. The summed E-state index contributed by atoms with van der Waals surface area (Å²) in [5, 5.41) is 31.0. The van der Waals surface area contributed by atoms with Gasteiger partial charge < -0.3 is 9.47 Å². The van der Waals surface area contributed by atoms with Crippen LogP contribution in [-0.4, -0.2) is 46.0 Å². The van der Waals surface area contributed by atoms with Crippen LogP contribution in [-0.2, 0) is 4.74 Å². The molecule has 1 aliphatic carbocycles. The number of nitrogens with zero attached hydrogens (tertiary/aromatic N) is 3. The van der Waals surface area contributed by atoms with Crippen LogP contribution in [0, 0.1) is 37.5 Å². The van der Waals surface area contributed by atoms with E-state index in [1.54, 1.807) is 0 Å². The van der Waals surface area contributed by atoms with Gasteiger partial charge in [0.25, 0.3) is 5.69 Å². The highest BCUT2D eigenvalue weighted by molar-refractivity contribution is 5.54. The van der Waals surface area contributed by atoms with Crippen LogP contribution in [0.1, 0.15) is 6.92 Å². The molecule has 9 nitrogen and oxygen atoms in total. The Morgan fingerprint density at radius 3 is 2.00 bits per heavy atom. The highest BCUT2D eigenvalue weighted by atomic mass is 19.4. The molecule has 0 bridgehead atoms. The van der Waals surface area contributed by atoms with Crippen LogP contribution >= 0.6 is 0 Å². The quantitative estimate of drug-likeness (QED) is 0.167. The Bertz CT molecular complexity index is 1340. The fourth-order valence-electron chi connectivity index (χ4n) is 2.91. The molecule has 220 valence electrons. The van der Waals surface area contributed by atoms with Crippen molar-refractivity contribution in [1.82, 2.24) is 0 Å². The summed E-state index contributed by atoms with van der Waals surface area (Å²) in [6, 6.07) is 1.32. The minimum absolute atomic E-state index is 0.0982. The van der Waals surface area contributed by atoms with Crippen LogP contribution in [0.4, 0.5) is 64.1 Å². The number of hydrogen-bond donors (Lipinski definition) is 0. The number of non-ortho nitro benzene ring substituents is 1. The second kappa shape index (κ2) is 10.1. The molecule has 0 heterocycles. The highest BCUT2D eigenvalue weighted by Gasteiger charge is 2.79. The highest BCUT2D eigenvalue weighted by Crippen LogP contribution is 2.53.